The molecule has 0 bridgehead atoms. The fourth-order valence-electron chi connectivity index (χ4n) is 3.09. The summed E-state index contributed by atoms with van der Waals surface area (Å²) in [6, 6.07) is 8.00. The second kappa shape index (κ2) is 7.01. The lowest BCUT2D eigenvalue weighted by atomic mass is 9.99. The van der Waals surface area contributed by atoms with Crippen molar-refractivity contribution in [2.45, 2.75) is 31.9 Å². The van der Waals surface area contributed by atoms with E-state index in [-0.39, 0.29) is 11.2 Å². The van der Waals surface area contributed by atoms with Crippen LogP contribution < -0.4 is 0 Å². The molecule has 2 heterocycles. The molecule has 1 saturated heterocycles. The second-order valence-electron chi connectivity index (χ2n) is 6.69. The van der Waals surface area contributed by atoms with E-state index >= 15 is 0 Å². The smallest absolute Gasteiger partial charge is 0.235 e. The molecule has 4 nitrogen and oxygen atoms in total. The minimum absolute atomic E-state index is 0.141. The molecule has 1 aromatic carbocycles. The van der Waals surface area contributed by atoms with Crippen molar-refractivity contribution in [3.63, 3.8) is 0 Å². The van der Waals surface area contributed by atoms with Crippen molar-refractivity contribution in [3.05, 3.63) is 36.4 Å². The van der Waals surface area contributed by atoms with Crippen LogP contribution in [0.3, 0.4) is 0 Å². The normalized spacial score (nSPS) is 19.8. The maximum absolute atomic E-state index is 12.7. The Bertz CT molecular complexity index is 677. The van der Waals surface area contributed by atoms with E-state index in [1.807, 2.05) is 48.0 Å². The predicted molar refractivity (Wildman–Crippen MR) is 102 cm³/mol. The topological polar surface area (TPSA) is 35.9 Å². The molecule has 0 saturated carbocycles. The van der Waals surface area contributed by atoms with Crippen molar-refractivity contribution < 1.29 is 4.79 Å². The first-order valence-electron chi connectivity index (χ1n) is 8.53. The van der Waals surface area contributed by atoms with Crippen molar-refractivity contribution in [2.75, 3.05) is 20.1 Å². The number of fused-ring (bicyclic) bond motifs is 1. The number of carbonyl (C=O) groups is 1. The van der Waals surface area contributed by atoms with E-state index in [1.54, 1.807) is 0 Å². The Kier molecular flexibility index (Phi) is 4.99. The van der Waals surface area contributed by atoms with Crippen LogP contribution in [0.5, 0.6) is 0 Å². The van der Waals surface area contributed by atoms with Crippen LogP contribution in [-0.4, -0.2) is 46.3 Å². The highest BCUT2D eigenvalue weighted by Crippen LogP contribution is 2.35. The minimum Gasteiger partial charge on any atom is -0.342 e. The molecule has 0 N–H and O–H groups in total. The molecule has 0 unspecified atom stereocenters. The van der Waals surface area contributed by atoms with E-state index < -0.39 is 0 Å². The Balaban J connectivity index is 1.72. The number of amides is 1. The number of aliphatic imine (C=N–C) groups is 1. The molecule has 0 radical (unpaired) electrons. The number of thioether (sulfide) groups is 1. The van der Waals surface area contributed by atoms with Crippen LogP contribution in [0.1, 0.15) is 32.3 Å². The SMILES string of the molecule is C=C1c2ccccc2N=C(S[C@@H](C)C(=O)N2CCC(C)CC2)N1C. The molecule has 5 heteroatoms. The number of hydrogen-bond donors (Lipinski definition) is 0. The molecule has 128 valence electrons. The monoisotopic (exact) mass is 343 g/mol. The van der Waals surface area contributed by atoms with Gasteiger partial charge in [0.15, 0.2) is 5.17 Å². The minimum atomic E-state index is -0.141. The number of likely N-dealkylation sites (tertiary alicyclic amines) is 1. The quantitative estimate of drug-likeness (QED) is 0.815. The Morgan fingerprint density at radius 1 is 1.33 bits per heavy atom. The molecule has 24 heavy (non-hydrogen) atoms. The van der Waals surface area contributed by atoms with Gasteiger partial charge in [-0.25, -0.2) is 4.99 Å². The highest BCUT2D eigenvalue weighted by Gasteiger charge is 2.28. The van der Waals surface area contributed by atoms with Crippen LogP contribution >= 0.6 is 11.8 Å². The first-order chi connectivity index (χ1) is 11.5. The zero-order chi connectivity index (χ0) is 17.3. The Labute approximate surface area is 148 Å². The first-order valence-corrected chi connectivity index (χ1v) is 9.41. The van der Waals surface area contributed by atoms with Crippen LogP contribution in [0.15, 0.2) is 35.8 Å². The summed E-state index contributed by atoms with van der Waals surface area (Å²) < 4.78 is 0. The van der Waals surface area contributed by atoms with Gasteiger partial charge in [-0.1, -0.05) is 43.5 Å². The lowest BCUT2D eigenvalue weighted by Crippen LogP contribution is -2.42. The van der Waals surface area contributed by atoms with Gasteiger partial charge in [0, 0.05) is 31.4 Å². The van der Waals surface area contributed by atoms with Crippen LogP contribution in [0.4, 0.5) is 5.69 Å². The number of piperidine rings is 1. The summed E-state index contributed by atoms with van der Waals surface area (Å²) >= 11 is 1.52. The molecule has 0 aromatic heterocycles. The molecule has 0 aliphatic carbocycles. The molecule has 1 amide bonds. The molecule has 0 spiro atoms. The number of hydrogen-bond acceptors (Lipinski definition) is 4. The average Bonchev–Trinajstić information content (AvgIpc) is 2.59. The van der Waals surface area contributed by atoms with E-state index in [0.29, 0.717) is 0 Å². The summed E-state index contributed by atoms with van der Waals surface area (Å²) in [5.41, 5.74) is 2.90. The summed E-state index contributed by atoms with van der Waals surface area (Å²) in [5.74, 6) is 0.943. The average molecular weight is 343 g/mol. The van der Waals surface area contributed by atoms with E-state index in [9.17, 15) is 4.79 Å². The van der Waals surface area contributed by atoms with E-state index in [1.165, 1.54) is 11.8 Å². The largest absolute Gasteiger partial charge is 0.342 e. The third-order valence-corrected chi connectivity index (χ3v) is 5.98. The van der Waals surface area contributed by atoms with E-state index in [2.05, 4.69) is 13.5 Å². The Morgan fingerprint density at radius 2 is 2.00 bits per heavy atom. The van der Waals surface area contributed by atoms with Gasteiger partial charge in [0.1, 0.15) is 0 Å². The molecule has 1 fully saturated rings. The van der Waals surface area contributed by atoms with Gasteiger partial charge in [0.2, 0.25) is 5.91 Å². The third-order valence-electron chi connectivity index (χ3n) is 4.85. The van der Waals surface area contributed by atoms with Gasteiger partial charge in [-0.15, -0.1) is 0 Å². The second-order valence-corrected chi connectivity index (χ2v) is 7.99. The molecular formula is C19H25N3OS. The summed E-state index contributed by atoms with van der Waals surface area (Å²) in [6.07, 6.45) is 2.21. The maximum atomic E-state index is 12.7. The van der Waals surface area contributed by atoms with Crippen molar-refractivity contribution in [2.24, 2.45) is 10.9 Å². The summed E-state index contributed by atoms with van der Waals surface area (Å²) in [6.45, 7) is 10.2. The molecule has 2 aliphatic rings. The van der Waals surface area contributed by atoms with Gasteiger partial charge >= 0.3 is 0 Å². The van der Waals surface area contributed by atoms with Gasteiger partial charge in [0.25, 0.3) is 0 Å². The number of amidine groups is 1. The van der Waals surface area contributed by atoms with Crippen molar-refractivity contribution >= 4 is 34.2 Å². The molecule has 1 aromatic rings. The van der Waals surface area contributed by atoms with Crippen molar-refractivity contribution in [1.82, 2.24) is 9.80 Å². The number of carbonyl (C=O) groups excluding carboxylic acids is 1. The maximum Gasteiger partial charge on any atom is 0.235 e. The highest BCUT2D eigenvalue weighted by molar-refractivity contribution is 8.14. The number of rotatable bonds is 2. The standard InChI is InChI=1S/C19H25N3OS/c1-13-9-11-22(12-10-13)18(23)15(3)24-19-20-17-8-6-5-7-16(17)14(2)21(19)4/h5-8,13,15H,2,9-12H2,1,3-4H3/t15-/m0/s1. The Morgan fingerprint density at radius 3 is 2.71 bits per heavy atom. The van der Waals surface area contributed by atoms with Gasteiger partial charge < -0.3 is 9.80 Å². The van der Waals surface area contributed by atoms with Crippen LogP contribution in [0, 0.1) is 5.92 Å². The highest BCUT2D eigenvalue weighted by atomic mass is 32.2. The van der Waals surface area contributed by atoms with Gasteiger partial charge in [-0.05, 0) is 31.7 Å². The van der Waals surface area contributed by atoms with E-state index in [0.717, 1.165) is 54.0 Å². The molecule has 1 atom stereocenters. The fraction of sp³-hybridized carbons (Fsp3) is 0.474. The fourth-order valence-corrected chi connectivity index (χ4v) is 4.07. The molecule has 2 aliphatic heterocycles. The van der Waals surface area contributed by atoms with Crippen molar-refractivity contribution in [3.8, 4) is 0 Å². The first kappa shape index (κ1) is 17.1. The lowest BCUT2D eigenvalue weighted by Gasteiger charge is -2.33. The van der Waals surface area contributed by atoms with Crippen molar-refractivity contribution in [1.29, 1.82) is 0 Å². The zero-order valence-corrected chi connectivity index (χ0v) is 15.5. The Hall–Kier alpha value is -1.75. The van der Waals surface area contributed by atoms with Crippen LogP contribution in [0.2, 0.25) is 0 Å². The van der Waals surface area contributed by atoms with E-state index in [4.69, 9.17) is 4.99 Å². The van der Waals surface area contributed by atoms with Gasteiger partial charge in [-0.3, -0.25) is 4.79 Å². The number of para-hydroxylation sites is 1. The third kappa shape index (κ3) is 3.36. The van der Waals surface area contributed by atoms with Gasteiger partial charge in [-0.2, -0.15) is 0 Å². The summed E-state index contributed by atoms with van der Waals surface area (Å²) in [7, 11) is 1.96. The lowest BCUT2D eigenvalue weighted by molar-refractivity contribution is -0.131. The van der Waals surface area contributed by atoms with Crippen LogP contribution in [0.25, 0.3) is 5.70 Å². The number of benzene rings is 1. The summed E-state index contributed by atoms with van der Waals surface area (Å²) in [4.78, 5) is 21.4. The van der Waals surface area contributed by atoms with Gasteiger partial charge in [0.05, 0.1) is 10.9 Å². The molecule has 3 rings (SSSR count). The van der Waals surface area contributed by atoms with Crippen LogP contribution in [-0.2, 0) is 4.79 Å². The molecular weight excluding hydrogens is 318 g/mol. The zero-order valence-electron chi connectivity index (χ0n) is 14.7. The number of nitrogens with zero attached hydrogens (tertiary/aromatic N) is 3. The summed E-state index contributed by atoms with van der Waals surface area (Å²) in [5, 5.41) is 0.697. The predicted octanol–water partition coefficient (Wildman–Crippen LogP) is 3.97.